The first-order valence-electron chi connectivity index (χ1n) is 11.1. The van der Waals surface area contributed by atoms with Crippen molar-refractivity contribution in [1.82, 2.24) is 19.9 Å². The van der Waals surface area contributed by atoms with Crippen molar-refractivity contribution in [2.24, 2.45) is 0 Å². The number of piperidine rings is 1. The molecule has 0 radical (unpaired) electrons. The summed E-state index contributed by atoms with van der Waals surface area (Å²) in [6.45, 7) is 7.07. The molecule has 2 saturated heterocycles. The van der Waals surface area contributed by atoms with Gasteiger partial charge in [-0.05, 0) is 43.7 Å². The highest BCUT2D eigenvalue weighted by atomic mass is 16.5. The lowest BCUT2D eigenvalue weighted by Gasteiger charge is -2.46. The van der Waals surface area contributed by atoms with Gasteiger partial charge in [-0.15, -0.1) is 0 Å². The fourth-order valence-electron chi connectivity index (χ4n) is 4.85. The summed E-state index contributed by atoms with van der Waals surface area (Å²) < 4.78 is 11.5. The number of carbonyl (C=O) groups is 1. The number of rotatable bonds is 4. The number of H-pyrrole nitrogens is 1. The van der Waals surface area contributed by atoms with Gasteiger partial charge < -0.3 is 24.3 Å². The Labute approximate surface area is 187 Å². The number of amides is 1. The van der Waals surface area contributed by atoms with E-state index in [1.165, 1.54) is 0 Å². The summed E-state index contributed by atoms with van der Waals surface area (Å²) in [5, 5.41) is 1.08. The summed E-state index contributed by atoms with van der Waals surface area (Å²) in [6, 6.07) is 7.93. The van der Waals surface area contributed by atoms with Crippen molar-refractivity contribution in [2.75, 3.05) is 38.3 Å². The highest BCUT2D eigenvalue weighted by molar-refractivity contribution is 5.88. The summed E-state index contributed by atoms with van der Waals surface area (Å²) in [5.74, 6) is 1.64. The molecule has 1 spiro atoms. The van der Waals surface area contributed by atoms with Crippen LogP contribution in [-0.4, -0.2) is 64.7 Å². The van der Waals surface area contributed by atoms with E-state index in [1.54, 1.807) is 7.11 Å². The summed E-state index contributed by atoms with van der Waals surface area (Å²) >= 11 is 0. The predicted octanol–water partition coefficient (Wildman–Crippen LogP) is 2.98. The fourth-order valence-corrected chi connectivity index (χ4v) is 4.85. The van der Waals surface area contributed by atoms with Crippen molar-refractivity contribution < 1.29 is 14.3 Å². The van der Waals surface area contributed by atoms with E-state index < -0.39 is 5.60 Å². The minimum absolute atomic E-state index is 0.0852. The first-order valence-corrected chi connectivity index (χ1v) is 11.1. The second kappa shape index (κ2) is 8.09. The first kappa shape index (κ1) is 20.8. The molecule has 1 amide bonds. The number of hydrogen-bond acceptors (Lipinski definition) is 6. The van der Waals surface area contributed by atoms with Crippen LogP contribution in [0.2, 0.25) is 0 Å². The van der Waals surface area contributed by atoms with Crippen LogP contribution in [0, 0.1) is 13.8 Å². The van der Waals surface area contributed by atoms with Crippen LogP contribution in [0.15, 0.2) is 30.5 Å². The molecule has 5 rings (SSSR count). The van der Waals surface area contributed by atoms with Crippen molar-refractivity contribution >= 4 is 22.8 Å². The van der Waals surface area contributed by atoms with Crippen LogP contribution in [0.3, 0.4) is 0 Å². The molecule has 8 nitrogen and oxygen atoms in total. The van der Waals surface area contributed by atoms with Crippen LogP contribution in [-0.2, 0) is 16.1 Å². The number of methoxy groups -OCH3 is 1. The van der Waals surface area contributed by atoms with Crippen LogP contribution < -0.4 is 9.64 Å². The molecule has 1 N–H and O–H groups in total. The molecule has 4 heterocycles. The second-order valence-electron chi connectivity index (χ2n) is 8.73. The van der Waals surface area contributed by atoms with Crippen molar-refractivity contribution in [1.29, 1.82) is 0 Å². The van der Waals surface area contributed by atoms with Crippen LogP contribution in [0.25, 0.3) is 10.9 Å². The number of carbonyl (C=O) groups excluding carboxylic acids is 1. The van der Waals surface area contributed by atoms with E-state index in [0.717, 1.165) is 39.6 Å². The zero-order chi connectivity index (χ0) is 22.3. The minimum atomic E-state index is -0.753. The second-order valence-corrected chi connectivity index (χ2v) is 8.73. The number of aryl methyl sites for hydroxylation is 2. The van der Waals surface area contributed by atoms with Gasteiger partial charge in [-0.25, -0.2) is 9.97 Å². The molecule has 0 unspecified atom stereocenters. The molecule has 32 heavy (non-hydrogen) atoms. The number of morpholine rings is 1. The maximum Gasteiger partial charge on any atom is 0.255 e. The average Bonchev–Trinajstić information content (AvgIpc) is 3.19. The number of hydrogen-bond donors (Lipinski definition) is 1. The Balaban J connectivity index is 1.32. The molecule has 3 aromatic rings. The molecule has 0 aliphatic carbocycles. The molecule has 8 heteroatoms. The Morgan fingerprint density at radius 1 is 1.12 bits per heavy atom. The van der Waals surface area contributed by atoms with E-state index in [4.69, 9.17) is 9.47 Å². The Hall–Kier alpha value is -3.13. The highest BCUT2D eigenvalue weighted by Crippen LogP contribution is 2.34. The van der Waals surface area contributed by atoms with Crippen LogP contribution in [0.1, 0.15) is 29.8 Å². The zero-order valence-corrected chi connectivity index (χ0v) is 18.9. The van der Waals surface area contributed by atoms with Gasteiger partial charge in [-0.3, -0.25) is 4.79 Å². The molecular weight excluding hydrogens is 406 g/mol. The van der Waals surface area contributed by atoms with E-state index in [0.29, 0.717) is 45.6 Å². The Morgan fingerprint density at radius 3 is 2.59 bits per heavy atom. The van der Waals surface area contributed by atoms with Gasteiger partial charge in [0.1, 0.15) is 11.4 Å². The van der Waals surface area contributed by atoms with Gasteiger partial charge in [-0.2, -0.15) is 0 Å². The SMILES string of the molecule is COc1ccc2[nH]cc(CN3CCOC4(CCN(c5nc(C)cc(C)n5)CC4)C3=O)c2c1. The van der Waals surface area contributed by atoms with E-state index >= 15 is 0 Å². The predicted molar refractivity (Wildman–Crippen MR) is 122 cm³/mol. The maximum atomic E-state index is 13.6. The van der Waals surface area contributed by atoms with Crippen LogP contribution >= 0.6 is 0 Å². The topological polar surface area (TPSA) is 83.6 Å². The number of anilines is 1. The quantitative estimate of drug-likeness (QED) is 0.678. The van der Waals surface area contributed by atoms with Crippen molar-refractivity contribution in [3.63, 3.8) is 0 Å². The van der Waals surface area contributed by atoms with Gasteiger partial charge in [0.25, 0.3) is 5.91 Å². The third kappa shape index (κ3) is 3.68. The molecule has 0 atom stereocenters. The number of nitrogens with one attached hydrogen (secondary N) is 1. The monoisotopic (exact) mass is 435 g/mol. The number of nitrogens with zero attached hydrogens (tertiary/aromatic N) is 4. The number of aromatic nitrogens is 3. The first-order chi connectivity index (χ1) is 15.5. The molecule has 2 aliphatic heterocycles. The molecule has 2 fully saturated rings. The molecule has 0 saturated carbocycles. The van der Waals surface area contributed by atoms with E-state index in [-0.39, 0.29) is 5.91 Å². The van der Waals surface area contributed by atoms with Gasteiger partial charge in [0.2, 0.25) is 5.95 Å². The maximum absolute atomic E-state index is 13.6. The standard InChI is InChI=1S/C24H29N5O3/c1-16-12-17(2)27-23(26-16)28-8-6-24(7-9-28)22(30)29(10-11-32-24)15-18-14-25-21-5-4-19(31-3)13-20(18)21/h4-5,12-14,25H,6-11,15H2,1-3H3. The van der Waals surface area contributed by atoms with Crippen molar-refractivity contribution in [3.05, 3.63) is 47.4 Å². The van der Waals surface area contributed by atoms with E-state index in [2.05, 4.69) is 19.9 Å². The lowest BCUT2D eigenvalue weighted by atomic mass is 9.88. The normalized spacial score (nSPS) is 18.5. The lowest BCUT2D eigenvalue weighted by molar-refractivity contribution is -0.176. The van der Waals surface area contributed by atoms with E-state index in [9.17, 15) is 4.79 Å². The minimum Gasteiger partial charge on any atom is -0.497 e. The highest BCUT2D eigenvalue weighted by Gasteiger charge is 2.47. The average molecular weight is 436 g/mol. The molecule has 168 valence electrons. The van der Waals surface area contributed by atoms with Crippen LogP contribution in [0.4, 0.5) is 5.95 Å². The molecule has 2 aromatic heterocycles. The Bertz CT molecular complexity index is 1130. The molecule has 1 aromatic carbocycles. The van der Waals surface area contributed by atoms with Crippen molar-refractivity contribution in [3.8, 4) is 5.75 Å². The molecule has 2 aliphatic rings. The van der Waals surface area contributed by atoms with Gasteiger partial charge in [-0.1, -0.05) is 0 Å². The lowest BCUT2D eigenvalue weighted by Crippen LogP contribution is -2.60. The summed E-state index contributed by atoms with van der Waals surface area (Å²) in [7, 11) is 1.66. The molecule has 0 bridgehead atoms. The number of aromatic amines is 1. The van der Waals surface area contributed by atoms with Gasteiger partial charge in [0.15, 0.2) is 0 Å². The van der Waals surface area contributed by atoms with Crippen molar-refractivity contribution in [2.45, 2.75) is 38.8 Å². The zero-order valence-electron chi connectivity index (χ0n) is 18.9. The smallest absolute Gasteiger partial charge is 0.255 e. The number of fused-ring (bicyclic) bond motifs is 1. The van der Waals surface area contributed by atoms with E-state index in [1.807, 2.05) is 49.2 Å². The summed E-state index contributed by atoms with van der Waals surface area (Å²) in [5.41, 5.74) is 3.29. The largest absolute Gasteiger partial charge is 0.497 e. The van der Waals surface area contributed by atoms with Gasteiger partial charge in [0.05, 0.1) is 13.7 Å². The number of benzene rings is 1. The summed E-state index contributed by atoms with van der Waals surface area (Å²) in [6.07, 6.45) is 3.26. The number of ether oxygens (including phenoxy) is 2. The Morgan fingerprint density at radius 2 is 1.88 bits per heavy atom. The van der Waals surface area contributed by atoms with Gasteiger partial charge >= 0.3 is 0 Å². The fraction of sp³-hybridized carbons (Fsp3) is 0.458. The Kier molecular flexibility index (Phi) is 5.25. The summed E-state index contributed by atoms with van der Waals surface area (Å²) in [4.78, 5) is 30.1. The third-order valence-corrected chi connectivity index (χ3v) is 6.58. The molecular formula is C24H29N5O3. The van der Waals surface area contributed by atoms with Gasteiger partial charge in [0, 0.05) is 67.5 Å². The third-order valence-electron chi connectivity index (χ3n) is 6.58. The van der Waals surface area contributed by atoms with Crippen LogP contribution in [0.5, 0.6) is 5.75 Å².